The number of phenolic OH excluding ortho intramolecular Hbond substituents is 1. The van der Waals surface area contributed by atoms with Crippen LogP contribution in [0.4, 0.5) is 5.69 Å². The molecular weight excluding hydrogens is 350 g/mol. The van der Waals surface area contributed by atoms with Gasteiger partial charge in [-0.3, -0.25) is 15.0 Å². The minimum Gasteiger partial charge on any atom is -0.502 e. The minimum atomic E-state index is -0.556. The fourth-order valence-electron chi connectivity index (χ4n) is 2.76. The first-order valence-electron chi connectivity index (χ1n) is 7.16. The Bertz CT molecular complexity index is 586. The number of rotatable bonds is 5. The Balaban J connectivity index is 2.46. The van der Waals surface area contributed by atoms with Crippen LogP contribution in [0, 0.1) is 10.1 Å². The van der Waals surface area contributed by atoms with E-state index in [0.29, 0.717) is 16.5 Å². The van der Waals surface area contributed by atoms with Crippen molar-refractivity contribution in [1.29, 1.82) is 0 Å². The van der Waals surface area contributed by atoms with Crippen molar-refractivity contribution in [2.45, 2.75) is 19.4 Å². The summed E-state index contributed by atoms with van der Waals surface area (Å²) in [6.07, 6.45) is 0.654. The van der Waals surface area contributed by atoms with Crippen molar-refractivity contribution >= 4 is 21.6 Å². The molecule has 1 atom stereocenters. The smallest absolute Gasteiger partial charge is 0.312 e. The highest BCUT2D eigenvalue weighted by Crippen LogP contribution is 2.40. The minimum absolute atomic E-state index is 0.115. The molecule has 7 heteroatoms. The van der Waals surface area contributed by atoms with E-state index >= 15 is 0 Å². The topological polar surface area (TPSA) is 78.6 Å². The highest BCUT2D eigenvalue weighted by molar-refractivity contribution is 9.10. The van der Waals surface area contributed by atoms with Crippen LogP contribution in [0.1, 0.15) is 24.9 Å². The predicted octanol–water partition coefficient (Wildman–Crippen LogP) is 2.98. The highest BCUT2D eigenvalue weighted by atomic mass is 79.9. The van der Waals surface area contributed by atoms with Crippen LogP contribution in [0.2, 0.25) is 0 Å². The third-order valence-electron chi connectivity index (χ3n) is 3.77. The summed E-state index contributed by atoms with van der Waals surface area (Å²) in [5.41, 5.74) is 1.28. The number of hydrogen-bond acceptors (Lipinski definition) is 5. The van der Waals surface area contributed by atoms with E-state index in [0.717, 1.165) is 31.8 Å². The zero-order valence-corrected chi connectivity index (χ0v) is 14.1. The molecule has 2 rings (SSSR count). The van der Waals surface area contributed by atoms with Crippen molar-refractivity contribution in [2.24, 2.45) is 0 Å². The highest BCUT2D eigenvalue weighted by Gasteiger charge is 2.28. The maximum absolute atomic E-state index is 11.1. The van der Waals surface area contributed by atoms with Gasteiger partial charge in [0, 0.05) is 48.3 Å². The van der Waals surface area contributed by atoms with Crippen LogP contribution in [0.15, 0.2) is 28.8 Å². The lowest BCUT2D eigenvalue weighted by molar-refractivity contribution is -0.386. The van der Waals surface area contributed by atoms with Gasteiger partial charge in [-0.1, -0.05) is 21.5 Å². The second-order valence-electron chi connectivity index (χ2n) is 5.58. The molecule has 0 amide bonds. The molecule has 2 N–H and O–H groups in total. The Labute approximate surface area is 138 Å². The molecule has 1 aliphatic heterocycles. The summed E-state index contributed by atoms with van der Waals surface area (Å²) in [5.74, 6) is -0.252. The Hall–Kier alpha value is -1.44. The van der Waals surface area contributed by atoms with Gasteiger partial charge >= 0.3 is 5.69 Å². The Kier molecular flexibility index (Phi) is 5.55. The monoisotopic (exact) mass is 369 g/mol. The Morgan fingerprint density at radius 2 is 2.18 bits per heavy atom. The molecule has 1 heterocycles. The van der Waals surface area contributed by atoms with E-state index < -0.39 is 4.92 Å². The number of nitro benzene ring substituents is 1. The van der Waals surface area contributed by atoms with E-state index in [1.54, 1.807) is 6.07 Å². The van der Waals surface area contributed by atoms with Gasteiger partial charge in [-0.15, -0.1) is 6.58 Å². The van der Waals surface area contributed by atoms with Crippen LogP contribution in [0.5, 0.6) is 5.75 Å². The molecule has 0 radical (unpaired) electrons. The molecule has 0 spiro atoms. The summed E-state index contributed by atoms with van der Waals surface area (Å²) in [6.45, 7) is 9.28. The van der Waals surface area contributed by atoms with Crippen molar-refractivity contribution in [3.05, 3.63) is 44.4 Å². The van der Waals surface area contributed by atoms with Crippen LogP contribution in [0.3, 0.4) is 0 Å². The zero-order valence-electron chi connectivity index (χ0n) is 12.5. The van der Waals surface area contributed by atoms with E-state index in [9.17, 15) is 15.2 Å². The molecular formula is C15H20BrN3O3. The molecule has 6 nitrogen and oxygen atoms in total. The molecule has 22 heavy (non-hydrogen) atoms. The normalized spacial score (nSPS) is 17.2. The maximum atomic E-state index is 11.1. The number of nitro groups is 1. The van der Waals surface area contributed by atoms with Crippen LogP contribution >= 0.6 is 15.9 Å². The van der Waals surface area contributed by atoms with E-state index in [1.807, 2.05) is 6.92 Å². The zero-order chi connectivity index (χ0) is 16.3. The van der Waals surface area contributed by atoms with Crippen molar-refractivity contribution in [3.63, 3.8) is 0 Å². The molecule has 1 aromatic carbocycles. The van der Waals surface area contributed by atoms with Crippen molar-refractivity contribution in [1.82, 2.24) is 10.2 Å². The summed E-state index contributed by atoms with van der Waals surface area (Å²) < 4.78 is 0.592. The molecule has 0 bridgehead atoms. The van der Waals surface area contributed by atoms with E-state index in [2.05, 4.69) is 32.7 Å². The molecule has 1 saturated heterocycles. The average molecular weight is 370 g/mol. The number of nitrogens with zero attached hydrogens (tertiary/aromatic N) is 2. The second kappa shape index (κ2) is 7.21. The summed E-state index contributed by atoms with van der Waals surface area (Å²) in [4.78, 5) is 12.8. The molecule has 0 unspecified atom stereocenters. The van der Waals surface area contributed by atoms with Crippen LogP contribution in [0.25, 0.3) is 0 Å². The van der Waals surface area contributed by atoms with E-state index in [-0.39, 0.29) is 17.5 Å². The van der Waals surface area contributed by atoms with Gasteiger partial charge in [-0.05, 0) is 19.4 Å². The Morgan fingerprint density at radius 3 is 2.73 bits per heavy atom. The lowest BCUT2D eigenvalue weighted by Crippen LogP contribution is -2.45. The number of phenols is 1. The summed E-state index contributed by atoms with van der Waals surface area (Å²) in [6, 6.07) is 2.97. The van der Waals surface area contributed by atoms with Crippen molar-refractivity contribution in [2.75, 3.05) is 26.2 Å². The number of halogens is 1. The SMILES string of the molecule is C=C(C)C[C@H](c1cc(Br)cc([N+](=O)[O-])c1O)N1CCNCC1. The third kappa shape index (κ3) is 3.85. The third-order valence-corrected chi connectivity index (χ3v) is 4.23. The number of nitrogens with one attached hydrogen (secondary N) is 1. The molecule has 0 saturated carbocycles. The van der Waals surface area contributed by atoms with Gasteiger partial charge in [0.05, 0.1) is 4.92 Å². The standard InChI is InChI=1S/C15H20BrN3O3/c1-10(2)7-13(18-5-3-17-4-6-18)12-8-11(16)9-14(15(12)20)19(21)22/h8-9,13,17,20H,1,3-7H2,2H3/t13-/m1/s1. The summed E-state index contributed by atoms with van der Waals surface area (Å²) in [5, 5.41) is 24.8. The maximum Gasteiger partial charge on any atom is 0.312 e. The van der Waals surface area contributed by atoms with Crippen LogP contribution < -0.4 is 5.32 Å². The predicted molar refractivity (Wildman–Crippen MR) is 89.1 cm³/mol. The fourth-order valence-corrected chi connectivity index (χ4v) is 3.22. The molecule has 120 valence electrons. The van der Waals surface area contributed by atoms with Crippen molar-refractivity contribution < 1.29 is 10.0 Å². The first kappa shape index (κ1) is 16.9. The molecule has 0 aromatic heterocycles. The lowest BCUT2D eigenvalue weighted by Gasteiger charge is -2.35. The van der Waals surface area contributed by atoms with Crippen LogP contribution in [-0.2, 0) is 0 Å². The molecule has 1 aromatic rings. The molecule has 0 aliphatic carbocycles. The first-order chi connectivity index (χ1) is 10.4. The number of hydrogen-bond donors (Lipinski definition) is 2. The first-order valence-corrected chi connectivity index (χ1v) is 7.95. The van der Waals surface area contributed by atoms with E-state index in [1.165, 1.54) is 6.07 Å². The summed E-state index contributed by atoms with van der Waals surface area (Å²) >= 11 is 3.31. The van der Waals surface area contributed by atoms with Crippen molar-refractivity contribution in [3.8, 4) is 5.75 Å². The second-order valence-corrected chi connectivity index (χ2v) is 6.50. The summed E-state index contributed by atoms with van der Waals surface area (Å²) in [7, 11) is 0. The van der Waals surface area contributed by atoms with Gasteiger partial charge in [-0.2, -0.15) is 0 Å². The molecule has 1 fully saturated rings. The van der Waals surface area contributed by atoms with E-state index in [4.69, 9.17) is 0 Å². The number of benzene rings is 1. The number of piperazine rings is 1. The van der Waals surface area contributed by atoms with Gasteiger partial charge in [0.15, 0.2) is 5.75 Å². The van der Waals surface area contributed by atoms with Gasteiger partial charge in [0.1, 0.15) is 0 Å². The average Bonchev–Trinajstić information content (AvgIpc) is 2.47. The van der Waals surface area contributed by atoms with Gasteiger partial charge < -0.3 is 10.4 Å². The van der Waals surface area contributed by atoms with Gasteiger partial charge in [0.25, 0.3) is 0 Å². The number of aromatic hydroxyl groups is 1. The quantitative estimate of drug-likeness (QED) is 0.473. The van der Waals surface area contributed by atoms with Gasteiger partial charge in [-0.25, -0.2) is 0 Å². The molecule has 1 aliphatic rings. The van der Waals surface area contributed by atoms with Gasteiger partial charge in [0.2, 0.25) is 0 Å². The van der Waals surface area contributed by atoms with Crippen LogP contribution in [-0.4, -0.2) is 41.1 Å². The lowest BCUT2D eigenvalue weighted by atomic mass is 9.96. The fraction of sp³-hybridized carbons (Fsp3) is 0.467. The Morgan fingerprint density at radius 1 is 1.55 bits per heavy atom. The largest absolute Gasteiger partial charge is 0.502 e.